The number of rotatable bonds is 16. The standard InChI is InChI=1S/C23H27N4O7P.C20H26N7O7P/c1-15-26-22(24)18(5-4-10-25-23(29)17-8-6-16(13-28)7-9-17)12-27(15)21-11-19(34-35(3,30)31)20(33-21)14-32-2;1-32-11-15-14(34-35(2,30)31)8-17(33-15)27-10-13(18(21)25-20(27)29)4-3-7-23-19(28)12-5-6-16(26-22)24-9-12/h6-9,12-13,19-21H,1,10-11,14H2,2-3H3,(H2,24,26)(H,25,29)(H,30,31);5-6,9-10,14-15,17H,7-8,11,22H2,1-2H3,(H,23,28)(H,24,26)(H,30,31)(H2,21,25,29)/p-2. The van der Waals surface area contributed by atoms with E-state index in [4.69, 9.17) is 45.3 Å². The summed E-state index contributed by atoms with van der Waals surface area (Å²) in [4.78, 5) is 84.4. The fourth-order valence-corrected chi connectivity index (χ4v) is 8.24. The first-order valence-electron chi connectivity index (χ1n) is 20.9. The fraction of sp³-hybridized carbons (Fsp3) is 0.372. The zero-order valence-corrected chi connectivity index (χ0v) is 40.1. The van der Waals surface area contributed by atoms with Crippen molar-refractivity contribution < 1.29 is 61.3 Å². The number of carbonyl (C=O) groups excluding carboxylic acids is 3. The van der Waals surface area contributed by atoms with Gasteiger partial charge in [0, 0.05) is 70.1 Å². The molecule has 9 N–H and O–H groups in total. The number of carbonyl (C=O) groups is 3. The number of nitrogens with zero attached hydrogens (tertiary/aromatic N) is 5. The zero-order chi connectivity index (χ0) is 51.2. The molecule has 2 aromatic heterocycles. The maximum Gasteiger partial charge on any atom is 0.351 e. The summed E-state index contributed by atoms with van der Waals surface area (Å²) in [7, 11) is -5.14. The molecule has 8 unspecified atom stereocenters. The van der Waals surface area contributed by atoms with Crippen molar-refractivity contribution in [1.29, 1.82) is 0 Å². The quantitative estimate of drug-likeness (QED) is 0.0342. The van der Waals surface area contributed by atoms with Crippen molar-refractivity contribution in [2.75, 3.05) is 65.0 Å². The average Bonchev–Trinajstić information content (AvgIpc) is 3.88. The predicted molar refractivity (Wildman–Crippen MR) is 249 cm³/mol. The summed E-state index contributed by atoms with van der Waals surface area (Å²) in [5.41, 5.74) is 15.3. The lowest BCUT2D eigenvalue weighted by atomic mass is 10.1. The highest BCUT2D eigenvalue weighted by Crippen LogP contribution is 2.42. The molecule has 1 aromatic carbocycles. The van der Waals surface area contributed by atoms with Gasteiger partial charge >= 0.3 is 5.69 Å². The summed E-state index contributed by atoms with van der Waals surface area (Å²) >= 11 is 0. The number of anilines is 2. The van der Waals surface area contributed by atoms with Crippen molar-refractivity contribution in [3.05, 3.63) is 106 Å². The van der Waals surface area contributed by atoms with E-state index >= 15 is 0 Å². The number of amidine groups is 1. The van der Waals surface area contributed by atoms with E-state index in [1.807, 2.05) is 0 Å². The smallest absolute Gasteiger partial charge is 0.351 e. The molecule has 0 bridgehead atoms. The topological polar surface area (TPSA) is 364 Å². The average molecular weight is 1010 g/mol. The van der Waals surface area contributed by atoms with Crippen molar-refractivity contribution in [2.24, 2.45) is 16.6 Å². The Morgan fingerprint density at radius 2 is 1.46 bits per heavy atom. The number of aldehydes is 1. The molecule has 6 rings (SSSR count). The number of ether oxygens (including phenoxy) is 4. The van der Waals surface area contributed by atoms with Crippen molar-refractivity contribution >= 4 is 50.8 Å². The molecule has 8 atom stereocenters. The summed E-state index contributed by atoms with van der Waals surface area (Å²) in [6, 6.07) is 9.28. The first kappa shape index (κ1) is 54.4. The van der Waals surface area contributed by atoms with E-state index in [0.29, 0.717) is 40.2 Å². The van der Waals surface area contributed by atoms with Crippen LogP contribution in [0.4, 0.5) is 11.6 Å². The second kappa shape index (κ2) is 24.8. The van der Waals surface area contributed by atoms with Crippen LogP contribution in [-0.4, -0.2) is 128 Å². The van der Waals surface area contributed by atoms with E-state index < -0.39 is 63.7 Å². The Morgan fingerprint density at radius 3 is 2.00 bits per heavy atom. The van der Waals surface area contributed by atoms with Gasteiger partial charge in [0.1, 0.15) is 69.4 Å². The Balaban J connectivity index is 0.000000261. The molecule has 0 spiro atoms. The number of nitrogens with one attached hydrogen (secondary N) is 3. The molecular weight excluding hydrogens is 956 g/mol. The van der Waals surface area contributed by atoms with Gasteiger partial charge in [-0.25, -0.2) is 20.6 Å². The molecule has 0 radical (unpaired) electrons. The molecule has 5 heterocycles. The number of hydrogen-bond acceptors (Lipinski definition) is 22. The van der Waals surface area contributed by atoms with Crippen LogP contribution in [0.5, 0.6) is 0 Å². The van der Waals surface area contributed by atoms with Crippen LogP contribution in [0.25, 0.3) is 0 Å². The van der Waals surface area contributed by atoms with Crippen LogP contribution in [0.15, 0.2) is 82.8 Å². The number of aliphatic imine (C=N–C) groups is 1. The monoisotopic (exact) mass is 1010 g/mol. The van der Waals surface area contributed by atoms with Crippen LogP contribution in [0, 0.1) is 23.7 Å². The van der Waals surface area contributed by atoms with Crippen LogP contribution in [-0.2, 0) is 37.1 Å². The Morgan fingerprint density at radius 1 is 0.900 bits per heavy atom. The van der Waals surface area contributed by atoms with E-state index in [9.17, 15) is 38.1 Å². The molecule has 3 aliphatic heterocycles. The number of methoxy groups -OCH3 is 2. The van der Waals surface area contributed by atoms with Gasteiger partial charge in [-0.1, -0.05) is 42.4 Å². The summed E-state index contributed by atoms with van der Waals surface area (Å²) in [6.07, 6.45) is 0.917. The van der Waals surface area contributed by atoms with Crippen molar-refractivity contribution in [2.45, 2.75) is 49.7 Å². The van der Waals surface area contributed by atoms with Crippen LogP contribution in [0.1, 0.15) is 55.7 Å². The largest absolute Gasteiger partial charge is 0.779 e. The molecule has 3 aromatic rings. The fourth-order valence-electron chi connectivity index (χ4n) is 6.81. The van der Waals surface area contributed by atoms with E-state index in [1.54, 1.807) is 47.5 Å². The van der Waals surface area contributed by atoms with Gasteiger partial charge in [-0.3, -0.25) is 19.0 Å². The number of hydrazine groups is 1. The maximum absolute atomic E-state index is 12.4. The minimum Gasteiger partial charge on any atom is -0.779 e. The molecule has 25 nitrogen and oxygen atoms in total. The summed E-state index contributed by atoms with van der Waals surface area (Å²) in [5.74, 6) is 16.4. The van der Waals surface area contributed by atoms with Gasteiger partial charge in [0.15, 0.2) is 0 Å². The van der Waals surface area contributed by atoms with Gasteiger partial charge in [0.25, 0.3) is 11.8 Å². The van der Waals surface area contributed by atoms with Gasteiger partial charge in [-0.2, -0.15) is 4.98 Å². The van der Waals surface area contributed by atoms with Crippen molar-refractivity contribution in [3.8, 4) is 23.7 Å². The van der Waals surface area contributed by atoms with Crippen LogP contribution < -0.4 is 48.8 Å². The molecule has 2 saturated heterocycles. The molecule has 2 amide bonds. The van der Waals surface area contributed by atoms with E-state index in [2.05, 4.69) is 61.3 Å². The van der Waals surface area contributed by atoms with E-state index in [-0.39, 0.29) is 62.3 Å². The van der Waals surface area contributed by atoms with Gasteiger partial charge in [0.2, 0.25) is 0 Å². The van der Waals surface area contributed by atoms with E-state index in [0.717, 1.165) is 17.9 Å². The lowest BCUT2D eigenvalue weighted by molar-refractivity contribution is -0.203. The van der Waals surface area contributed by atoms with Gasteiger partial charge in [0.05, 0.1) is 55.2 Å². The third kappa shape index (κ3) is 15.7. The first-order valence-corrected chi connectivity index (χ1v) is 24.9. The second-order valence-electron chi connectivity index (χ2n) is 15.3. The van der Waals surface area contributed by atoms with Crippen LogP contribution in [0.2, 0.25) is 0 Å². The highest BCUT2D eigenvalue weighted by Gasteiger charge is 2.41. The van der Waals surface area contributed by atoms with Crippen LogP contribution >= 0.6 is 15.2 Å². The Hall–Kier alpha value is -6.57. The molecule has 374 valence electrons. The second-order valence-corrected chi connectivity index (χ2v) is 18.9. The minimum atomic E-state index is -4.05. The van der Waals surface area contributed by atoms with Gasteiger partial charge < -0.3 is 79.3 Å². The third-order valence-electron chi connectivity index (χ3n) is 9.97. The molecule has 0 saturated carbocycles. The van der Waals surface area contributed by atoms with Gasteiger partial charge in [-0.05, 0) is 24.3 Å². The Labute approximate surface area is 401 Å². The van der Waals surface area contributed by atoms with Gasteiger partial charge in [-0.15, -0.1) is 0 Å². The maximum atomic E-state index is 12.4. The molecule has 0 aliphatic carbocycles. The third-order valence-corrected chi connectivity index (χ3v) is 11.3. The highest BCUT2D eigenvalue weighted by molar-refractivity contribution is 7.50. The molecule has 70 heavy (non-hydrogen) atoms. The number of nitrogen functional groups attached to an aromatic ring is 2. The first-order chi connectivity index (χ1) is 33.2. The van der Waals surface area contributed by atoms with E-state index in [1.165, 1.54) is 26.6 Å². The number of benzene rings is 1. The Kier molecular flexibility index (Phi) is 19.3. The zero-order valence-electron chi connectivity index (χ0n) is 38.3. The lowest BCUT2D eigenvalue weighted by Gasteiger charge is -2.29. The van der Waals surface area contributed by atoms with Crippen LogP contribution in [0.3, 0.4) is 0 Å². The number of aromatic nitrogens is 3. The molecule has 2 fully saturated rings. The Bertz CT molecular complexity index is 2740. The number of nitrogens with two attached hydrogens (primary N) is 3. The summed E-state index contributed by atoms with van der Waals surface area (Å²) in [6.45, 7) is 6.06. The SMILES string of the molecule is C=C1N=C(N)C(C#CCNC(=O)c2ccc(C=O)cc2)=CN1C1CC(OP(C)(=O)[O-])C(COC)O1.COCC1OC(n2cc(C#CCNC(=O)c3ccc(NN)nc3)c(N)nc2=O)CC1OP(C)(=O)[O-]. The number of hydrogen-bond donors (Lipinski definition) is 6. The lowest BCUT2D eigenvalue weighted by Crippen LogP contribution is -2.35. The normalized spacial score (nSPS) is 22.2. The van der Waals surface area contributed by atoms with Crippen molar-refractivity contribution in [1.82, 2.24) is 30.1 Å². The summed E-state index contributed by atoms with van der Waals surface area (Å²) in [5, 5.41) is 5.27. The molecular formula is C43H51N11O14P2-2. The highest BCUT2D eigenvalue weighted by atomic mass is 31.2. The van der Waals surface area contributed by atoms with Crippen molar-refractivity contribution in [3.63, 3.8) is 0 Å². The molecule has 3 aliphatic rings. The minimum absolute atomic E-state index is 0.0185. The number of pyridine rings is 1. The molecule has 27 heteroatoms. The number of amides is 2. The summed E-state index contributed by atoms with van der Waals surface area (Å²) < 4.78 is 56.7. The predicted octanol–water partition coefficient (Wildman–Crippen LogP) is -0.620.